The number of aliphatic imine (C=N–C) groups is 1. The molecule has 0 aromatic rings. The van der Waals surface area contributed by atoms with E-state index in [9.17, 15) is 9.59 Å². The number of nitrogens with zero attached hydrogens (tertiary/aromatic N) is 2. The Kier molecular flexibility index (Phi) is 4.13. The maximum Gasteiger partial charge on any atom is 0.329 e. The topological polar surface area (TPSA) is 87.8 Å². The first kappa shape index (κ1) is 14.2. The Morgan fingerprint density at radius 1 is 1.67 bits per heavy atom. The first-order valence-electron chi connectivity index (χ1n) is 5.32. The Bertz CT molecular complexity index is 458. The summed E-state index contributed by atoms with van der Waals surface area (Å²) in [4.78, 5) is 28.6. The molecule has 0 spiro atoms. The van der Waals surface area contributed by atoms with Crippen molar-refractivity contribution >= 4 is 29.8 Å². The van der Waals surface area contributed by atoms with Gasteiger partial charge in [0.25, 0.3) is 5.91 Å². The zero-order valence-corrected chi connectivity index (χ0v) is 11.0. The maximum absolute atomic E-state index is 12.1. The molecule has 98 valence electrons. The van der Waals surface area contributed by atoms with Crippen molar-refractivity contribution in [2.24, 2.45) is 10.7 Å². The number of hydrogen-bond acceptors (Lipinski definition) is 4. The van der Waals surface area contributed by atoms with E-state index in [0.717, 1.165) is 11.1 Å². The number of amides is 3. The number of allylic oxidation sites excluding steroid dienone is 1. The van der Waals surface area contributed by atoms with E-state index in [2.05, 4.69) is 16.9 Å². The van der Waals surface area contributed by atoms with Gasteiger partial charge in [-0.25, -0.2) is 14.7 Å². The van der Waals surface area contributed by atoms with E-state index in [1.807, 2.05) is 6.92 Å². The molecule has 1 fully saturated rings. The van der Waals surface area contributed by atoms with Crippen LogP contribution in [0.15, 0.2) is 28.6 Å². The molecule has 0 unspecified atom stereocenters. The molecule has 6 nitrogen and oxygen atoms in total. The van der Waals surface area contributed by atoms with Crippen LogP contribution < -0.4 is 11.1 Å². The molecule has 0 aromatic carbocycles. The number of imide groups is 1. The van der Waals surface area contributed by atoms with Crippen molar-refractivity contribution in [2.45, 2.75) is 25.8 Å². The molecule has 1 rings (SSSR count). The highest BCUT2D eigenvalue weighted by atomic mass is 35.5. The fourth-order valence-electron chi connectivity index (χ4n) is 1.47. The highest BCUT2D eigenvalue weighted by Crippen LogP contribution is 2.23. The summed E-state index contributed by atoms with van der Waals surface area (Å²) in [7, 11) is 0. The van der Waals surface area contributed by atoms with Crippen LogP contribution in [0, 0.1) is 0 Å². The van der Waals surface area contributed by atoms with Gasteiger partial charge in [0.05, 0.1) is 11.9 Å². The number of rotatable bonds is 4. The van der Waals surface area contributed by atoms with Crippen LogP contribution in [0.2, 0.25) is 0 Å². The van der Waals surface area contributed by atoms with Crippen LogP contribution in [0.5, 0.6) is 0 Å². The molecule has 0 radical (unpaired) electrons. The van der Waals surface area contributed by atoms with Gasteiger partial charge in [0.15, 0.2) is 0 Å². The van der Waals surface area contributed by atoms with Gasteiger partial charge >= 0.3 is 6.03 Å². The standard InChI is InChI=1S/C11H15ClN4O2/c1-4-11(3)9(17)16(10(18)15-11)8(5-13)6-14-7(2)12/h5-6H,2,4,13H2,1,3H3,(H,15,18)/b8-5+,14-6-/t11-/m1/s1. The summed E-state index contributed by atoms with van der Waals surface area (Å²) in [5, 5.41) is 2.63. The predicted molar refractivity (Wildman–Crippen MR) is 69.8 cm³/mol. The van der Waals surface area contributed by atoms with Gasteiger partial charge in [-0.2, -0.15) is 0 Å². The van der Waals surface area contributed by atoms with Crippen LogP contribution in [0.25, 0.3) is 0 Å². The number of carbonyl (C=O) groups excluding carboxylic acids is 2. The Hall–Kier alpha value is -1.82. The quantitative estimate of drug-likeness (QED) is 0.458. The second-order valence-corrected chi connectivity index (χ2v) is 4.42. The number of carbonyl (C=O) groups is 2. The van der Waals surface area contributed by atoms with E-state index in [1.54, 1.807) is 6.92 Å². The van der Waals surface area contributed by atoms with Gasteiger partial charge < -0.3 is 11.1 Å². The van der Waals surface area contributed by atoms with Gasteiger partial charge in [-0.05, 0) is 13.3 Å². The zero-order valence-electron chi connectivity index (χ0n) is 10.2. The molecule has 7 heteroatoms. The van der Waals surface area contributed by atoms with Gasteiger partial charge in [0, 0.05) is 6.20 Å². The third kappa shape index (κ3) is 2.53. The van der Waals surface area contributed by atoms with E-state index in [4.69, 9.17) is 17.3 Å². The molecule has 1 heterocycles. The molecule has 1 aliphatic heterocycles. The second-order valence-electron chi connectivity index (χ2n) is 3.98. The summed E-state index contributed by atoms with van der Waals surface area (Å²) in [6.07, 6.45) is 2.81. The van der Waals surface area contributed by atoms with Crippen molar-refractivity contribution in [3.63, 3.8) is 0 Å². The summed E-state index contributed by atoms with van der Waals surface area (Å²) in [5.74, 6) is -0.377. The summed E-state index contributed by atoms with van der Waals surface area (Å²) in [6, 6.07) is -0.535. The number of urea groups is 1. The lowest BCUT2D eigenvalue weighted by Crippen LogP contribution is -2.43. The Morgan fingerprint density at radius 2 is 2.28 bits per heavy atom. The van der Waals surface area contributed by atoms with Crippen LogP contribution in [-0.4, -0.2) is 28.6 Å². The molecule has 0 aromatic heterocycles. The van der Waals surface area contributed by atoms with Crippen molar-refractivity contribution in [1.29, 1.82) is 0 Å². The Labute approximate surface area is 110 Å². The van der Waals surface area contributed by atoms with Crippen LogP contribution in [0.4, 0.5) is 4.79 Å². The Morgan fingerprint density at radius 3 is 2.67 bits per heavy atom. The molecular weight excluding hydrogens is 256 g/mol. The van der Waals surface area contributed by atoms with E-state index in [0.29, 0.717) is 6.42 Å². The van der Waals surface area contributed by atoms with Crippen LogP contribution in [-0.2, 0) is 4.79 Å². The number of nitrogens with two attached hydrogens (primary N) is 1. The lowest BCUT2D eigenvalue weighted by Gasteiger charge is -2.19. The summed E-state index contributed by atoms with van der Waals surface area (Å²) in [5.41, 5.74) is 4.62. The van der Waals surface area contributed by atoms with Gasteiger partial charge in [-0.1, -0.05) is 25.1 Å². The average molecular weight is 271 g/mol. The fourth-order valence-corrected chi connectivity index (χ4v) is 1.52. The van der Waals surface area contributed by atoms with Gasteiger partial charge in [0.2, 0.25) is 0 Å². The lowest BCUT2D eigenvalue weighted by atomic mass is 9.99. The maximum atomic E-state index is 12.1. The molecule has 0 saturated carbocycles. The zero-order chi connectivity index (χ0) is 13.9. The van der Waals surface area contributed by atoms with Crippen molar-refractivity contribution in [3.8, 4) is 0 Å². The lowest BCUT2D eigenvalue weighted by molar-refractivity contribution is -0.129. The van der Waals surface area contributed by atoms with E-state index in [-0.39, 0.29) is 16.8 Å². The van der Waals surface area contributed by atoms with E-state index in [1.165, 1.54) is 6.21 Å². The molecule has 18 heavy (non-hydrogen) atoms. The highest BCUT2D eigenvalue weighted by Gasteiger charge is 2.47. The predicted octanol–water partition coefficient (Wildman–Crippen LogP) is 1.29. The van der Waals surface area contributed by atoms with Crippen molar-refractivity contribution < 1.29 is 9.59 Å². The van der Waals surface area contributed by atoms with Crippen molar-refractivity contribution in [2.75, 3.05) is 0 Å². The third-order valence-corrected chi connectivity index (χ3v) is 2.83. The average Bonchev–Trinajstić information content (AvgIpc) is 2.53. The monoisotopic (exact) mass is 270 g/mol. The first-order valence-corrected chi connectivity index (χ1v) is 5.70. The highest BCUT2D eigenvalue weighted by molar-refractivity contribution is 6.29. The van der Waals surface area contributed by atoms with Gasteiger partial charge in [-0.15, -0.1) is 0 Å². The Balaban J connectivity index is 3.06. The number of halogens is 1. The molecule has 1 atom stereocenters. The van der Waals surface area contributed by atoms with Crippen LogP contribution >= 0.6 is 11.6 Å². The van der Waals surface area contributed by atoms with E-state index < -0.39 is 11.6 Å². The minimum atomic E-state index is -0.919. The fraction of sp³-hybridized carbons (Fsp3) is 0.364. The number of hydrogen-bond donors (Lipinski definition) is 2. The van der Waals surface area contributed by atoms with Crippen LogP contribution in [0.1, 0.15) is 20.3 Å². The molecule has 1 saturated heterocycles. The second kappa shape index (κ2) is 5.22. The minimum absolute atomic E-state index is 0.0275. The molecule has 3 amide bonds. The first-order chi connectivity index (χ1) is 8.35. The van der Waals surface area contributed by atoms with Gasteiger partial charge in [0.1, 0.15) is 10.7 Å². The molecule has 1 aliphatic rings. The van der Waals surface area contributed by atoms with Crippen LogP contribution in [0.3, 0.4) is 0 Å². The molecule has 0 aliphatic carbocycles. The summed E-state index contributed by atoms with van der Waals surface area (Å²) >= 11 is 5.48. The molecule has 3 N–H and O–H groups in total. The SMILES string of the molecule is C=C(Cl)/N=C\C(=C/N)N1C(=O)N[C@](C)(CC)C1=O. The third-order valence-electron chi connectivity index (χ3n) is 2.73. The van der Waals surface area contributed by atoms with E-state index >= 15 is 0 Å². The molecular formula is C11H15ClN4O2. The summed E-state index contributed by atoms with van der Waals surface area (Å²) < 4.78 is 0. The normalized spacial score (nSPS) is 24.8. The van der Waals surface area contributed by atoms with Crippen molar-refractivity contribution in [1.82, 2.24) is 10.2 Å². The van der Waals surface area contributed by atoms with Crippen molar-refractivity contribution in [3.05, 3.63) is 23.6 Å². The minimum Gasteiger partial charge on any atom is -0.403 e. The van der Waals surface area contributed by atoms with Gasteiger partial charge in [-0.3, -0.25) is 4.79 Å². The molecule has 0 bridgehead atoms. The number of nitrogens with one attached hydrogen (secondary N) is 1. The summed E-state index contributed by atoms with van der Waals surface area (Å²) in [6.45, 7) is 6.83. The smallest absolute Gasteiger partial charge is 0.329 e. The largest absolute Gasteiger partial charge is 0.403 e.